The third-order valence-corrected chi connectivity index (χ3v) is 9.40. The number of anilines is 1. The molecule has 0 aliphatic carbocycles. The summed E-state index contributed by atoms with van der Waals surface area (Å²) in [4.78, 5) is 52.4. The Bertz CT molecular complexity index is 1770. The average Bonchev–Trinajstić information content (AvgIpc) is 3.69. The molecule has 4 heterocycles. The van der Waals surface area contributed by atoms with Crippen molar-refractivity contribution in [3.63, 3.8) is 0 Å². The van der Waals surface area contributed by atoms with Crippen LogP contribution in [0, 0.1) is 11.6 Å². The van der Waals surface area contributed by atoms with Crippen LogP contribution in [0.3, 0.4) is 0 Å². The molecule has 47 heavy (non-hydrogen) atoms. The summed E-state index contributed by atoms with van der Waals surface area (Å²) >= 11 is 7.86. The van der Waals surface area contributed by atoms with Gasteiger partial charge in [0.2, 0.25) is 0 Å². The van der Waals surface area contributed by atoms with Crippen LogP contribution in [0.2, 0.25) is 5.02 Å². The molecule has 0 radical (unpaired) electrons. The number of ether oxygens (including phenoxy) is 1. The Labute approximate surface area is 278 Å². The number of hydrogen-bond donors (Lipinski definition) is 2. The number of fused-ring (bicyclic) bond motifs is 1. The monoisotopic (exact) mass is 684 g/mol. The van der Waals surface area contributed by atoms with Gasteiger partial charge in [-0.25, -0.2) is 23.4 Å². The zero-order valence-corrected chi connectivity index (χ0v) is 26.9. The number of nitrogens with zero attached hydrogens (tertiary/aromatic N) is 5. The minimum absolute atomic E-state index is 0.0555. The fraction of sp³-hybridized carbons (Fsp3) is 0.344. The molecule has 3 aliphatic rings. The Balaban J connectivity index is 1.26. The van der Waals surface area contributed by atoms with Crippen LogP contribution in [-0.4, -0.2) is 89.1 Å². The highest BCUT2D eigenvalue weighted by molar-refractivity contribution is 7.11. The fourth-order valence-electron chi connectivity index (χ4n) is 6.07. The van der Waals surface area contributed by atoms with Crippen LogP contribution in [0.25, 0.3) is 0 Å². The predicted molar refractivity (Wildman–Crippen MR) is 172 cm³/mol. The number of amides is 2. The lowest BCUT2D eigenvalue weighted by Gasteiger charge is -2.38. The van der Waals surface area contributed by atoms with Gasteiger partial charge in [0.25, 0.3) is 0 Å². The summed E-state index contributed by atoms with van der Waals surface area (Å²) < 4.78 is 34.3. The Morgan fingerprint density at radius 1 is 1.17 bits per heavy atom. The van der Waals surface area contributed by atoms with Crippen LogP contribution in [0.15, 0.2) is 64.2 Å². The number of aryl methyl sites for hydroxylation is 1. The fourth-order valence-corrected chi connectivity index (χ4v) is 6.93. The van der Waals surface area contributed by atoms with Crippen molar-refractivity contribution < 1.29 is 33.0 Å². The van der Waals surface area contributed by atoms with Crippen molar-refractivity contribution in [1.82, 2.24) is 20.1 Å². The van der Waals surface area contributed by atoms with Gasteiger partial charge in [-0.3, -0.25) is 19.6 Å². The summed E-state index contributed by atoms with van der Waals surface area (Å²) in [6.45, 7) is 3.79. The maximum absolute atomic E-state index is 14.8. The van der Waals surface area contributed by atoms with Crippen molar-refractivity contribution in [3.05, 3.63) is 92.0 Å². The second kappa shape index (κ2) is 13.8. The molecule has 0 saturated carbocycles. The molecule has 6 rings (SSSR count). The molecule has 15 heteroatoms. The van der Waals surface area contributed by atoms with Crippen LogP contribution in [-0.2, 0) is 20.7 Å². The lowest BCUT2D eigenvalue weighted by atomic mass is 9.95. The van der Waals surface area contributed by atoms with Crippen LogP contribution in [0.1, 0.15) is 35.5 Å². The number of rotatable bonds is 10. The molecule has 2 N–H and O–H groups in total. The first-order valence-corrected chi connectivity index (χ1v) is 16.3. The molecule has 2 saturated heterocycles. The number of aliphatic imine (C=N–C) groups is 1. The number of urea groups is 1. The molecule has 0 unspecified atom stereocenters. The number of carbonyl (C=O) groups excluding carboxylic acids is 2. The van der Waals surface area contributed by atoms with Gasteiger partial charge in [-0.1, -0.05) is 23.7 Å². The van der Waals surface area contributed by atoms with Gasteiger partial charge in [-0.15, -0.1) is 11.3 Å². The summed E-state index contributed by atoms with van der Waals surface area (Å²) in [7, 11) is 0. The Morgan fingerprint density at radius 2 is 2.00 bits per heavy atom. The zero-order valence-electron chi connectivity index (χ0n) is 25.3. The first-order valence-electron chi connectivity index (χ1n) is 15.0. The number of thiazole rings is 1. The number of piperazine rings is 1. The maximum Gasteiger partial charge on any atom is 0.338 e. The van der Waals surface area contributed by atoms with Crippen LogP contribution in [0.5, 0.6) is 0 Å². The molecule has 3 aliphatic heterocycles. The van der Waals surface area contributed by atoms with Gasteiger partial charge in [-0.2, -0.15) is 0 Å². The van der Waals surface area contributed by atoms with E-state index in [0.29, 0.717) is 54.0 Å². The van der Waals surface area contributed by atoms with Gasteiger partial charge in [0.15, 0.2) is 10.8 Å². The molecule has 2 fully saturated rings. The molecule has 0 spiro atoms. The van der Waals surface area contributed by atoms with Gasteiger partial charge in [0.1, 0.15) is 17.7 Å². The van der Waals surface area contributed by atoms with Gasteiger partial charge in [0, 0.05) is 72.7 Å². The first-order chi connectivity index (χ1) is 22.6. The largest absolute Gasteiger partial charge is 0.481 e. The molecular weight excluding hydrogens is 654 g/mol. The van der Waals surface area contributed by atoms with E-state index in [1.54, 1.807) is 29.5 Å². The van der Waals surface area contributed by atoms with E-state index in [1.165, 1.54) is 46.6 Å². The predicted octanol–water partition coefficient (Wildman–Crippen LogP) is 4.63. The van der Waals surface area contributed by atoms with E-state index >= 15 is 0 Å². The van der Waals surface area contributed by atoms with E-state index < -0.39 is 29.6 Å². The minimum Gasteiger partial charge on any atom is -0.481 e. The lowest BCUT2D eigenvalue weighted by Crippen LogP contribution is -2.53. The number of amidine groups is 1. The molecule has 3 aromatic rings. The normalized spacial score (nSPS) is 19.8. The van der Waals surface area contributed by atoms with Crippen LogP contribution < -0.4 is 10.2 Å². The SMILES string of the molecule is CCOC(=O)C1=C(CN2CCN3C(=O)N(c4ccc(CCC(=O)O)c(F)c4)C[C@@H]3C2)NC(c2nccs2)=N[C@H]1c1ccc(F)cc1Cl. The summed E-state index contributed by atoms with van der Waals surface area (Å²) in [5, 5.41) is 14.8. The smallest absolute Gasteiger partial charge is 0.338 e. The summed E-state index contributed by atoms with van der Waals surface area (Å²) in [6, 6.07) is 7.04. The van der Waals surface area contributed by atoms with E-state index in [0.717, 1.165) is 0 Å². The van der Waals surface area contributed by atoms with E-state index in [2.05, 4.69) is 15.2 Å². The van der Waals surface area contributed by atoms with Crippen molar-refractivity contribution >= 4 is 52.4 Å². The van der Waals surface area contributed by atoms with Gasteiger partial charge >= 0.3 is 18.0 Å². The summed E-state index contributed by atoms with van der Waals surface area (Å²) in [6.07, 6.45) is 1.51. The van der Waals surface area contributed by atoms with E-state index in [9.17, 15) is 23.2 Å². The maximum atomic E-state index is 14.8. The Kier molecular flexibility index (Phi) is 9.52. The van der Waals surface area contributed by atoms with Crippen LogP contribution in [0.4, 0.5) is 19.3 Å². The van der Waals surface area contributed by atoms with Crippen molar-refractivity contribution in [2.45, 2.75) is 31.8 Å². The van der Waals surface area contributed by atoms with E-state index in [-0.39, 0.29) is 54.2 Å². The van der Waals surface area contributed by atoms with Crippen molar-refractivity contribution in [2.75, 3.05) is 44.2 Å². The Morgan fingerprint density at radius 3 is 2.70 bits per heavy atom. The number of benzene rings is 2. The van der Waals surface area contributed by atoms with Crippen LogP contribution >= 0.6 is 22.9 Å². The van der Waals surface area contributed by atoms with Gasteiger partial charge < -0.3 is 20.1 Å². The average molecular weight is 685 g/mol. The van der Waals surface area contributed by atoms with E-state index in [4.69, 9.17) is 26.4 Å². The Hall–Kier alpha value is -4.40. The highest BCUT2D eigenvalue weighted by atomic mass is 35.5. The van der Waals surface area contributed by atoms with Crippen molar-refractivity contribution in [1.29, 1.82) is 0 Å². The van der Waals surface area contributed by atoms with Gasteiger partial charge in [0.05, 0.1) is 18.2 Å². The minimum atomic E-state index is -1.01. The molecular formula is C32H31ClF2N6O5S. The highest BCUT2D eigenvalue weighted by Crippen LogP contribution is 2.37. The first kappa shape index (κ1) is 32.5. The number of carboxylic acids is 1. The number of aromatic nitrogens is 1. The second-order valence-corrected chi connectivity index (χ2v) is 12.6. The third kappa shape index (κ3) is 6.85. The number of halogens is 3. The molecule has 1 aromatic heterocycles. The number of carboxylic acid groups (broad SMARTS) is 1. The molecule has 2 atom stereocenters. The number of aliphatic carboxylic acids is 1. The molecule has 2 amide bonds. The molecule has 2 aromatic carbocycles. The van der Waals surface area contributed by atoms with Crippen molar-refractivity contribution in [3.8, 4) is 0 Å². The molecule has 11 nitrogen and oxygen atoms in total. The summed E-state index contributed by atoms with van der Waals surface area (Å²) in [5.41, 5.74) is 1.89. The number of esters is 1. The standard InChI is InChI=1S/C32H31ClF2N6O5S/c1-2-46-31(44)27-25(37-29(30-36-9-12-47-30)38-28(27)22-7-5-19(34)13-23(22)33)17-39-10-11-40-21(15-39)16-41(32(40)45)20-6-3-18(24(35)14-20)4-8-26(42)43/h3,5-7,9,12-14,21,28H,2,4,8,10-11,15-17H2,1H3,(H,37,38)(H,42,43)/t21-,28-/m0/s1. The number of carbonyl (C=O) groups is 3. The topological polar surface area (TPSA) is 128 Å². The third-order valence-electron chi connectivity index (χ3n) is 8.29. The lowest BCUT2D eigenvalue weighted by molar-refractivity contribution is -0.139. The second-order valence-electron chi connectivity index (χ2n) is 11.3. The van der Waals surface area contributed by atoms with Gasteiger partial charge in [-0.05, 0) is 43.2 Å². The van der Waals surface area contributed by atoms with E-state index in [1.807, 2.05) is 0 Å². The molecule has 246 valence electrons. The molecule has 0 bridgehead atoms. The quantitative estimate of drug-likeness (QED) is 0.296. The number of hydrogen-bond acceptors (Lipinski definition) is 9. The summed E-state index contributed by atoms with van der Waals surface area (Å²) in [5.74, 6) is -2.24. The highest BCUT2D eigenvalue weighted by Gasteiger charge is 2.42. The van der Waals surface area contributed by atoms with Crippen molar-refractivity contribution in [2.24, 2.45) is 4.99 Å². The number of nitrogens with one attached hydrogen (secondary N) is 1. The zero-order chi connectivity index (χ0) is 33.2.